The molecule has 1 aliphatic carbocycles. The number of hydrogen-bond donors (Lipinski definition) is 1. The summed E-state index contributed by atoms with van der Waals surface area (Å²) < 4.78 is 0. The van der Waals surface area contributed by atoms with Gasteiger partial charge < -0.3 is 5.32 Å². The summed E-state index contributed by atoms with van der Waals surface area (Å²) in [5, 5.41) is 5.44. The van der Waals surface area contributed by atoms with Crippen LogP contribution in [0.4, 0.5) is 0 Å². The van der Waals surface area contributed by atoms with E-state index in [1.807, 2.05) is 11.8 Å². The Kier molecular flexibility index (Phi) is 3.95. The van der Waals surface area contributed by atoms with Gasteiger partial charge in [0.05, 0.1) is 6.54 Å². The molecule has 0 bridgehead atoms. The van der Waals surface area contributed by atoms with Crippen LogP contribution in [0.1, 0.15) is 39.5 Å². The van der Waals surface area contributed by atoms with Crippen LogP contribution >= 0.6 is 11.8 Å². The standard InChI is InChI=1S/C12H22N2S/c1-3-4-11-8-14-12(15-11)13-7-9(2)10-5-6-10/h9-11H,3-8H2,1-2H3,(H,13,14). The Hall–Kier alpha value is -0.180. The van der Waals surface area contributed by atoms with Crippen molar-refractivity contribution in [3.8, 4) is 0 Å². The molecule has 3 heteroatoms. The Morgan fingerprint density at radius 1 is 1.53 bits per heavy atom. The topological polar surface area (TPSA) is 24.4 Å². The van der Waals surface area contributed by atoms with Crippen LogP contribution in [0.3, 0.4) is 0 Å². The van der Waals surface area contributed by atoms with E-state index in [0.717, 1.165) is 30.2 Å². The fourth-order valence-corrected chi connectivity index (χ4v) is 3.20. The Bertz CT molecular complexity index is 236. The summed E-state index contributed by atoms with van der Waals surface area (Å²) in [6.45, 7) is 6.75. The average Bonchev–Trinajstić information content (AvgIpc) is 2.98. The zero-order valence-electron chi connectivity index (χ0n) is 9.83. The Morgan fingerprint density at radius 3 is 3.00 bits per heavy atom. The van der Waals surface area contributed by atoms with Gasteiger partial charge in [0.25, 0.3) is 0 Å². The lowest BCUT2D eigenvalue weighted by atomic mass is 10.1. The zero-order chi connectivity index (χ0) is 10.7. The van der Waals surface area contributed by atoms with Gasteiger partial charge in [0.1, 0.15) is 0 Å². The number of aliphatic imine (C=N–C) groups is 1. The third kappa shape index (κ3) is 3.40. The first kappa shape index (κ1) is 11.3. The summed E-state index contributed by atoms with van der Waals surface area (Å²) in [4.78, 5) is 4.56. The van der Waals surface area contributed by atoms with Crippen molar-refractivity contribution in [3.63, 3.8) is 0 Å². The minimum atomic E-state index is 0.744. The molecule has 2 nitrogen and oxygen atoms in total. The number of nitrogens with one attached hydrogen (secondary N) is 1. The molecule has 0 amide bonds. The molecule has 0 saturated heterocycles. The zero-order valence-corrected chi connectivity index (χ0v) is 10.6. The van der Waals surface area contributed by atoms with Crippen molar-refractivity contribution in [1.29, 1.82) is 0 Å². The Morgan fingerprint density at radius 2 is 2.33 bits per heavy atom. The number of nitrogens with zero attached hydrogens (tertiary/aromatic N) is 1. The summed E-state index contributed by atoms with van der Waals surface area (Å²) in [5.41, 5.74) is 0. The van der Waals surface area contributed by atoms with Gasteiger partial charge in [-0.15, -0.1) is 0 Å². The van der Waals surface area contributed by atoms with E-state index in [-0.39, 0.29) is 0 Å². The van der Waals surface area contributed by atoms with Gasteiger partial charge in [0.15, 0.2) is 5.17 Å². The van der Waals surface area contributed by atoms with Crippen LogP contribution in [0.2, 0.25) is 0 Å². The fourth-order valence-electron chi connectivity index (χ4n) is 2.07. The molecule has 0 spiro atoms. The molecule has 2 unspecified atom stereocenters. The molecule has 1 aliphatic heterocycles. The quantitative estimate of drug-likeness (QED) is 0.779. The molecular weight excluding hydrogens is 204 g/mol. The van der Waals surface area contributed by atoms with Crippen molar-refractivity contribution in [2.24, 2.45) is 16.8 Å². The third-order valence-electron chi connectivity index (χ3n) is 3.33. The van der Waals surface area contributed by atoms with Crippen LogP contribution < -0.4 is 5.32 Å². The Labute approximate surface area is 97.3 Å². The normalized spacial score (nSPS) is 27.6. The van der Waals surface area contributed by atoms with E-state index in [9.17, 15) is 0 Å². The highest BCUT2D eigenvalue weighted by molar-refractivity contribution is 8.14. The predicted octanol–water partition coefficient (Wildman–Crippen LogP) is 2.89. The van der Waals surface area contributed by atoms with Crippen LogP contribution in [-0.2, 0) is 0 Å². The van der Waals surface area contributed by atoms with Crippen molar-refractivity contribution < 1.29 is 0 Å². The summed E-state index contributed by atoms with van der Waals surface area (Å²) in [6.07, 6.45) is 5.47. The monoisotopic (exact) mass is 226 g/mol. The van der Waals surface area contributed by atoms with E-state index < -0.39 is 0 Å². The molecule has 1 saturated carbocycles. The van der Waals surface area contributed by atoms with E-state index in [0.29, 0.717) is 0 Å². The number of rotatable bonds is 5. The highest BCUT2D eigenvalue weighted by atomic mass is 32.2. The fraction of sp³-hybridized carbons (Fsp3) is 0.917. The van der Waals surface area contributed by atoms with Gasteiger partial charge in [-0.05, 0) is 31.1 Å². The van der Waals surface area contributed by atoms with Gasteiger partial charge in [-0.1, -0.05) is 32.0 Å². The number of thioether (sulfide) groups is 1. The van der Waals surface area contributed by atoms with Crippen molar-refractivity contribution in [2.75, 3.05) is 13.1 Å². The van der Waals surface area contributed by atoms with E-state index in [1.165, 1.54) is 30.9 Å². The van der Waals surface area contributed by atoms with Crippen LogP contribution in [0.25, 0.3) is 0 Å². The summed E-state index contributed by atoms with van der Waals surface area (Å²) >= 11 is 1.95. The van der Waals surface area contributed by atoms with Gasteiger partial charge in [-0.3, -0.25) is 4.99 Å². The molecule has 1 heterocycles. The highest BCUT2D eigenvalue weighted by Gasteiger charge is 2.28. The van der Waals surface area contributed by atoms with Crippen LogP contribution in [0, 0.1) is 11.8 Å². The maximum absolute atomic E-state index is 4.56. The van der Waals surface area contributed by atoms with Gasteiger partial charge >= 0.3 is 0 Å². The van der Waals surface area contributed by atoms with Crippen molar-refractivity contribution in [3.05, 3.63) is 0 Å². The highest BCUT2D eigenvalue weighted by Crippen LogP contribution is 2.36. The lowest BCUT2D eigenvalue weighted by molar-refractivity contribution is 0.501. The minimum Gasteiger partial charge on any atom is -0.365 e. The van der Waals surface area contributed by atoms with E-state index in [2.05, 4.69) is 24.2 Å². The minimum absolute atomic E-state index is 0.744. The van der Waals surface area contributed by atoms with Gasteiger partial charge in [-0.25, -0.2) is 0 Å². The lowest BCUT2D eigenvalue weighted by Gasteiger charge is -2.12. The molecule has 86 valence electrons. The van der Waals surface area contributed by atoms with Crippen molar-refractivity contribution >= 4 is 16.9 Å². The molecule has 2 atom stereocenters. The van der Waals surface area contributed by atoms with Gasteiger partial charge in [-0.2, -0.15) is 0 Å². The third-order valence-corrected chi connectivity index (χ3v) is 4.54. The number of amidine groups is 1. The van der Waals surface area contributed by atoms with E-state index >= 15 is 0 Å². The summed E-state index contributed by atoms with van der Waals surface area (Å²) in [7, 11) is 0. The van der Waals surface area contributed by atoms with E-state index in [4.69, 9.17) is 0 Å². The molecule has 0 aromatic carbocycles. The Balaban J connectivity index is 1.63. The first-order chi connectivity index (χ1) is 7.29. The molecule has 0 aromatic heterocycles. The van der Waals surface area contributed by atoms with Crippen LogP contribution in [0.15, 0.2) is 4.99 Å². The lowest BCUT2D eigenvalue weighted by Crippen LogP contribution is -2.26. The van der Waals surface area contributed by atoms with Crippen molar-refractivity contribution in [2.45, 2.75) is 44.8 Å². The largest absolute Gasteiger partial charge is 0.365 e. The molecule has 1 N–H and O–H groups in total. The first-order valence-electron chi connectivity index (χ1n) is 6.24. The van der Waals surface area contributed by atoms with Crippen LogP contribution in [-0.4, -0.2) is 23.5 Å². The predicted molar refractivity (Wildman–Crippen MR) is 68.5 cm³/mol. The molecule has 2 rings (SSSR count). The smallest absolute Gasteiger partial charge is 0.156 e. The SMILES string of the molecule is CCCC1CN=C(NCC(C)C2CC2)S1. The molecule has 15 heavy (non-hydrogen) atoms. The molecule has 0 radical (unpaired) electrons. The molecular formula is C12H22N2S. The average molecular weight is 226 g/mol. The second-order valence-corrected chi connectivity index (χ2v) is 6.16. The second kappa shape index (κ2) is 5.24. The molecule has 0 aromatic rings. The van der Waals surface area contributed by atoms with Gasteiger partial charge in [0.2, 0.25) is 0 Å². The molecule has 1 fully saturated rings. The van der Waals surface area contributed by atoms with Gasteiger partial charge in [0, 0.05) is 11.8 Å². The second-order valence-electron chi connectivity index (χ2n) is 4.87. The van der Waals surface area contributed by atoms with Crippen LogP contribution in [0.5, 0.6) is 0 Å². The maximum atomic E-state index is 4.56. The number of hydrogen-bond acceptors (Lipinski definition) is 3. The van der Waals surface area contributed by atoms with E-state index in [1.54, 1.807) is 0 Å². The maximum Gasteiger partial charge on any atom is 0.156 e. The van der Waals surface area contributed by atoms with Crippen molar-refractivity contribution in [1.82, 2.24) is 5.32 Å². The summed E-state index contributed by atoms with van der Waals surface area (Å²) in [6, 6.07) is 0. The molecule has 2 aliphatic rings. The first-order valence-corrected chi connectivity index (χ1v) is 7.12. The summed E-state index contributed by atoms with van der Waals surface area (Å²) in [5.74, 6) is 1.83.